The van der Waals surface area contributed by atoms with E-state index in [2.05, 4.69) is 0 Å². The molecule has 0 bridgehead atoms. The largest absolute Gasteiger partial charge is 0.387 e. The first kappa shape index (κ1) is 13.3. The molecule has 0 aliphatic heterocycles. The summed E-state index contributed by atoms with van der Waals surface area (Å²) in [4.78, 5) is 21.0. The molecule has 92 valence electrons. The molecule has 0 fully saturated rings. The lowest BCUT2D eigenvalue weighted by atomic mass is 9.80. The van der Waals surface area contributed by atoms with E-state index in [0.717, 1.165) is 6.29 Å². The Kier molecular flexibility index (Phi) is 3.96. The maximum atomic E-state index is 11.0. The lowest BCUT2D eigenvalue weighted by molar-refractivity contribution is -0.384. The SMILES string of the molecule is CCC(C)(C=O)C(O)c1ccc([N+](=O)[O-])cc1. The van der Waals surface area contributed by atoms with Gasteiger partial charge in [0.1, 0.15) is 6.29 Å². The molecule has 0 amide bonds. The van der Waals surface area contributed by atoms with Gasteiger partial charge < -0.3 is 9.90 Å². The molecule has 0 aliphatic carbocycles. The number of aliphatic hydroxyl groups is 1. The smallest absolute Gasteiger partial charge is 0.269 e. The van der Waals surface area contributed by atoms with Crippen LogP contribution >= 0.6 is 0 Å². The summed E-state index contributed by atoms with van der Waals surface area (Å²) >= 11 is 0. The molecule has 0 saturated carbocycles. The highest BCUT2D eigenvalue weighted by Crippen LogP contribution is 2.35. The fraction of sp³-hybridized carbons (Fsp3) is 0.417. The zero-order valence-electron chi connectivity index (χ0n) is 9.79. The van der Waals surface area contributed by atoms with E-state index in [-0.39, 0.29) is 5.69 Å². The van der Waals surface area contributed by atoms with E-state index >= 15 is 0 Å². The average Bonchev–Trinajstić information content (AvgIpc) is 2.37. The monoisotopic (exact) mass is 237 g/mol. The number of carbonyl (C=O) groups is 1. The first-order valence-corrected chi connectivity index (χ1v) is 5.33. The van der Waals surface area contributed by atoms with Crippen LogP contribution in [0.1, 0.15) is 31.9 Å². The number of rotatable bonds is 5. The topological polar surface area (TPSA) is 80.4 Å². The molecule has 2 atom stereocenters. The van der Waals surface area contributed by atoms with E-state index in [4.69, 9.17) is 0 Å². The first-order valence-electron chi connectivity index (χ1n) is 5.33. The molecule has 0 radical (unpaired) electrons. The van der Waals surface area contributed by atoms with E-state index in [1.54, 1.807) is 6.92 Å². The van der Waals surface area contributed by atoms with Gasteiger partial charge in [0, 0.05) is 12.1 Å². The third-order valence-electron chi connectivity index (χ3n) is 3.08. The highest BCUT2D eigenvalue weighted by Gasteiger charge is 2.32. The maximum Gasteiger partial charge on any atom is 0.269 e. The number of hydrogen-bond acceptors (Lipinski definition) is 4. The fourth-order valence-corrected chi connectivity index (χ4v) is 1.50. The standard InChI is InChI=1S/C12H15NO4/c1-3-12(2,8-14)11(15)9-4-6-10(7-5-9)13(16)17/h4-8,11,15H,3H2,1-2H3. The van der Waals surface area contributed by atoms with Crippen LogP contribution in [-0.2, 0) is 4.79 Å². The lowest BCUT2D eigenvalue weighted by Gasteiger charge is -2.27. The van der Waals surface area contributed by atoms with Crippen molar-refractivity contribution >= 4 is 12.0 Å². The summed E-state index contributed by atoms with van der Waals surface area (Å²) < 4.78 is 0. The van der Waals surface area contributed by atoms with Crippen LogP contribution in [-0.4, -0.2) is 16.3 Å². The summed E-state index contributed by atoms with van der Waals surface area (Å²) in [5.74, 6) is 0. The molecule has 0 spiro atoms. The number of aliphatic hydroxyl groups excluding tert-OH is 1. The Morgan fingerprint density at radius 1 is 1.47 bits per heavy atom. The summed E-state index contributed by atoms with van der Waals surface area (Å²) in [5, 5.41) is 20.5. The molecule has 17 heavy (non-hydrogen) atoms. The third kappa shape index (κ3) is 2.68. The molecule has 1 N–H and O–H groups in total. The second-order valence-corrected chi connectivity index (χ2v) is 4.23. The van der Waals surface area contributed by atoms with Crippen molar-refractivity contribution in [3.05, 3.63) is 39.9 Å². The number of hydrogen-bond donors (Lipinski definition) is 1. The summed E-state index contributed by atoms with van der Waals surface area (Å²) in [5.41, 5.74) is -0.395. The third-order valence-corrected chi connectivity index (χ3v) is 3.08. The van der Waals surface area contributed by atoms with Crippen LogP contribution in [0.25, 0.3) is 0 Å². The van der Waals surface area contributed by atoms with E-state index in [0.29, 0.717) is 12.0 Å². The van der Waals surface area contributed by atoms with Gasteiger partial charge in [-0.05, 0) is 24.1 Å². The molecule has 1 rings (SSSR count). The van der Waals surface area contributed by atoms with Crippen LogP contribution in [0.3, 0.4) is 0 Å². The Morgan fingerprint density at radius 3 is 2.35 bits per heavy atom. The van der Waals surface area contributed by atoms with E-state index in [1.165, 1.54) is 24.3 Å². The van der Waals surface area contributed by atoms with Crippen LogP contribution < -0.4 is 0 Å². The van der Waals surface area contributed by atoms with Crippen molar-refractivity contribution in [1.29, 1.82) is 0 Å². The number of nitro benzene ring substituents is 1. The molecule has 1 aromatic carbocycles. The van der Waals surface area contributed by atoms with Crippen LogP contribution in [0.2, 0.25) is 0 Å². The Hall–Kier alpha value is -1.75. The minimum atomic E-state index is -0.953. The molecule has 5 heteroatoms. The minimum Gasteiger partial charge on any atom is -0.387 e. The van der Waals surface area contributed by atoms with Gasteiger partial charge in [-0.15, -0.1) is 0 Å². The van der Waals surface area contributed by atoms with E-state index < -0.39 is 16.4 Å². The highest BCUT2D eigenvalue weighted by molar-refractivity contribution is 5.60. The van der Waals surface area contributed by atoms with Gasteiger partial charge in [0.25, 0.3) is 5.69 Å². The van der Waals surface area contributed by atoms with E-state index in [1.807, 2.05) is 6.92 Å². The van der Waals surface area contributed by atoms with Gasteiger partial charge in [0.2, 0.25) is 0 Å². The zero-order chi connectivity index (χ0) is 13.1. The van der Waals surface area contributed by atoms with Crippen molar-refractivity contribution < 1.29 is 14.8 Å². The quantitative estimate of drug-likeness (QED) is 0.483. The van der Waals surface area contributed by atoms with Gasteiger partial charge in [-0.2, -0.15) is 0 Å². The predicted octanol–water partition coefficient (Wildman–Crippen LogP) is 2.24. The summed E-state index contributed by atoms with van der Waals surface area (Å²) in [6, 6.07) is 5.58. The van der Waals surface area contributed by atoms with Gasteiger partial charge in [-0.1, -0.05) is 13.8 Å². The molecular weight excluding hydrogens is 222 g/mol. The van der Waals surface area contributed by atoms with Crippen molar-refractivity contribution in [2.45, 2.75) is 26.4 Å². The number of non-ortho nitro benzene ring substituents is 1. The first-order chi connectivity index (χ1) is 7.94. The van der Waals surface area contributed by atoms with Crippen LogP contribution in [0, 0.1) is 15.5 Å². The van der Waals surface area contributed by atoms with Crippen LogP contribution in [0.4, 0.5) is 5.69 Å². The van der Waals surface area contributed by atoms with Crippen molar-refractivity contribution in [2.75, 3.05) is 0 Å². The van der Waals surface area contributed by atoms with Gasteiger partial charge >= 0.3 is 0 Å². The molecule has 0 saturated heterocycles. The normalized spacial score (nSPS) is 15.9. The Labute approximate surface area is 99.2 Å². The number of aldehydes is 1. The van der Waals surface area contributed by atoms with Gasteiger partial charge in [0.15, 0.2) is 0 Å². The summed E-state index contributed by atoms with van der Waals surface area (Å²) in [6.45, 7) is 3.47. The predicted molar refractivity (Wildman–Crippen MR) is 62.5 cm³/mol. The number of benzene rings is 1. The van der Waals surface area contributed by atoms with Gasteiger partial charge in [-0.25, -0.2) is 0 Å². The molecular formula is C12H15NO4. The second-order valence-electron chi connectivity index (χ2n) is 4.23. The maximum absolute atomic E-state index is 11.0. The summed E-state index contributed by atoms with van der Waals surface area (Å²) in [6.07, 6.45) is 0.263. The lowest BCUT2D eigenvalue weighted by Crippen LogP contribution is -2.26. The van der Waals surface area contributed by atoms with Gasteiger partial charge in [-0.3, -0.25) is 10.1 Å². The molecule has 2 unspecified atom stereocenters. The number of nitro groups is 1. The minimum absolute atomic E-state index is 0.0368. The molecule has 0 aliphatic rings. The van der Waals surface area contributed by atoms with E-state index in [9.17, 15) is 20.0 Å². The highest BCUT2D eigenvalue weighted by atomic mass is 16.6. The molecule has 0 heterocycles. The van der Waals surface area contributed by atoms with Crippen molar-refractivity contribution in [1.82, 2.24) is 0 Å². The van der Waals surface area contributed by atoms with Gasteiger partial charge in [0.05, 0.1) is 16.4 Å². The molecule has 1 aromatic rings. The Morgan fingerprint density at radius 2 is 2.00 bits per heavy atom. The fourth-order valence-electron chi connectivity index (χ4n) is 1.50. The van der Waals surface area contributed by atoms with Crippen molar-refractivity contribution in [2.24, 2.45) is 5.41 Å². The summed E-state index contributed by atoms with van der Waals surface area (Å²) in [7, 11) is 0. The van der Waals surface area contributed by atoms with Crippen LogP contribution in [0.5, 0.6) is 0 Å². The molecule has 0 aromatic heterocycles. The molecule has 5 nitrogen and oxygen atoms in total. The second kappa shape index (κ2) is 5.05. The Balaban J connectivity index is 3.01. The Bertz CT molecular complexity index is 415. The van der Waals surface area contributed by atoms with Crippen molar-refractivity contribution in [3.63, 3.8) is 0 Å². The number of nitrogens with zero attached hydrogens (tertiary/aromatic N) is 1. The average molecular weight is 237 g/mol. The van der Waals surface area contributed by atoms with Crippen molar-refractivity contribution in [3.8, 4) is 0 Å². The zero-order valence-corrected chi connectivity index (χ0v) is 9.79. The van der Waals surface area contributed by atoms with Crippen LogP contribution in [0.15, 0.2) is 24.3 Å². The number of carbonyl (C=O) groups excluding carboxylic acids is 1.